The van der Waals surface area contributed by atoms with E-state index < -0.39 is 0 Å². The van der Waals surface area contributed by atoms with E-state index in [-0.39, 0.29) is 6.09 Å². The van der Waals surface area contributed by atoms with Gasteiger partial charge in [-0.15, -0.1) is 0 Å². The lowest BCUT2D eigenvalue weighted by Gasteiger charge is -2.36. The predicted molar refractivity (Wildman–Crippen MR) is 68.6 cm³/mol. The molecule has 3 rings (SSSR count). The Kier molecular flexibility index (Phi) is 3.19. The van der Waals surface area contributed by atoms with Crippen molar-refractivity contribution < 1.29 is 9.53 Å². The smallest absolute Gasteiger partial charge is 0.410 e. The average molecular weight is 246 g/mol. The largest absolute Gasteiger partial charge is 0.415 e. The van der Waals surface area contributed by atoms with Crippen LogP contribution in [0.2, 0.25) is 0 Å². The van der Waals surface area contributed by atoms with E-state index in [1.54, 1.807) is 0 Å². The molecule has 0 spiro atoms. The molecule has 1 N–H and O–H groups in total. The SMILES string of the molecule is O=C(Oc1ccccc1)N1CCCC2CNCC21. The highest BCUT2D eigenvalue weighted by Crippen LogP contribution is 2.27. The van der Waals surface area contributed by atoms with Gasteiger partial charge in [0.05, 0.1) is 6.04 Å². The van der Waals surface area contributed by atoms with Crippen molar-refractivity contribution in [1.29, 1.82) is 0 Å². The summed E-state index contributed by atoms with van der Waals surface area (Å²) in [4.78, 5) is 14.1. The van der Waals surface area contributed by atoms with E-state index in [0.717, 1.165) is 26.1 Å². The van der Waals surface area contributed by atoms with Gasteiger partial charge in [-0.3, -0.25) is 0 Å². The number of ether oxygens (including phenoxy) is 1. The van der Waals surface area contributed by atoms with Gasteiger partial charge < -0.3 is 15.0 Å². The lowest BCUT2D eigenvalue weighted by molar-refractivity contribution is 0.102. The number of hydrogen-bond donors (Lipinski definition) is 1. The molecule has 2 atom stereocenters. The number of piperidine rings is 1. The molecule has 1 amide bonds. The summed E-state index contributed by atoms with van der Waals surface area (Å²) in [7, 11) is 0. The van der Waals surface area contributed by atoms with Crippen molar-refractivity contribution >= 4 is 6.09 Å². The number of para-hydroxylation sites is 1. The van der Waals surface area contributed by atoms with Crippen LogP contribution in [-0.2, 0) is 0 Å². The van der Waals surface area contributed by atoms with Crippen LogP contribution in [-0.4, -0.2) is 36.7 Å². The van der Waals surface area contributed by atoms with Crippen molar-refractivity contribution in [1.82, 2.24) is 10.2 Å². The Morgan fingerprint density at radius 2 is 2.11 bits per heavy atom. The van der Waals surface area contributed by atoms with Gasteiger partial charge in [-0.2, -0.15) is 0 Å². The predicted octanol–water partition coefficient (Wildman–Crippen LogP) is 1.87. The number of hydrogen-bond acceptors (Lipinski definition) is 3. The Morgan fingerprint density at radius 1 is 1.28 bits per heavy atom. The summed E-state index contributed by atoms with van der Waals surface area (Å²) in [6.07, 6.45) is 2.08. The van der Waals surface area contributed by atoms with Crippen LogP contribution >= 0.6 is 0 Å². The van der Waals surface area contributed by atoms with Gasteiger partial charge in [-0.1, -0.05) is 18.2 Å². The van der Waals surface area contributed by atoms with Gasteiger partial charge in [0.25, 0.3) is 0 Å². The van der Waals surface area contributed by atoms with E-state index in [0.29, 0.717) is 17.7 Å². The number of nitrogens with one attached hydrogen (secondary N) is 1. The van der Waals surface area contributed by atoms with Gasteiger partial charge in [-0.05, 0) is 30.9 Å². The Labute approximate surface area is 107 Å². The fourth-order valence-electron chi connectivity index (χ4n) is 2.94. The first-order valence-corrected chi connectivity index (χ1v) is 6.59. The lowest BCUT2D eigenvalue weighted by atomic mass is 9.92. The van der Waals surface area contributed by atoms with Gasteiger partial charge in [-0.25, -0.2) is 4.79 Å². The number of carbonyl (C=O) groups excluding carboxylic acids is 1. The van der Waals surface area contributed by atoms with Crippen LogP contribution in [0.1, 0.15) is 12.8 Å². The first-order valence-electron chi connectivity index (χ1n) is 6.59. The number of likely N-dealkylation sites (tertiary alicyclic amines) is 1. The van der Waals surface area contributed by atoms with Crippen molar-refractivity contribution in [2.45, 2.75) is 18.9 Å². The van der Waals surface area contributed by atoms with Gasteiger partial charge in [0, 0.05) is 19.6 Å². The summed E-state index contributed by atoms with van der Waals surface area (Å²) >= 11 is 0. The molecule has 2 heterocycles. The van der Waals surface area contributed by atoms with Crippen LogP contribution < -0.4 is 10.1 Å². The van der Waals surface area contributed by atoms with Crippen LogP contribution in [0.5, 0.6) is 5.75 Å². The van der Waals surface area contributed by atoms with E-state index in [2.05, 4.69) is 5.32 Å². The molecule has 2 unspecified atom stereocenters. The van der Waals surface area contributed by atoms with Crippen molar-refractivity contribution in [3.05, 3.63) is 30.3 Å². The van der Waals surface area contributed by atoms with E-state index in [9.17, 15) is 4.79 Å². The standard InChI is InChI=1S/C14H18N2O2/c17-14(18-12-6-2-1-3-7-12)16-8-4-5-11-9-15-10-13(11)16/h1-3,6-7,11,13,15H,4-5,8-10H2. The molecule has 18 heavy (non-hydrogen) atoms. The first kappa shape index (κ1) is 11.5. The molecule has 2 saturated heterocycles. The van der Waals surface area contributed by atoms with E-state index >= 15 is 0 Å². The monoisotopic (exact) mass is 246 g/mol. The van der Waals surface area contributed by atoms with Crippen molar-refractivity contribution in [3.8, 4) is 5.75 Å². The second-order valence-electron chi connectivity index (χ2n) is 5.00. The zero-order valence-corrected chi connectivity index (χ0v) is 10.3. The number of carbonyl (C=O) groups is 1. The second kappa shape index (κ2) is 4.98. The average Bonchev–Trinajstić information content (AvgIpc) is 2.87. The minimum atomic E-state index is -0.209. The summed E-state index contributed by atoms with van der Waals surface area (Å²) < 4.78 is 5.42. The van der Waals surface area contributed by atoms with Crippen molar-refractivity contribution in [2.75, 3.05) is 19.6 Å². The molecular formula is C14H18N2O2. The number of fused-ring (bicyclic) bond motifs is 1. The topological polar surface area (TPSA) is 41.6 Å². The minimum absolute atomic E-state index is 0.209. The summed E-state index contributed by atoms with van der Waals surface area (Å²) in [6, 6.07) is 9.60. The summed E-state index contributed by atoms with van der Waals surface area (Å²) in [6.45, 7) is 2.74. The maximum atomic E-state index is 12.2. The zero-order chi connectivity index (χ0) is 12.4. The molecule has 4 nitrogen and oxygen atoms in total. The molecule has 1 aromatic carbocycles. The maximum absolute atomic E-state index is 12.2. The molecule has 0 aliphatic carbocycles. The van der Waals surface area contributed by atoms with Crippen molar-refractivity contribution in [3.63, 3.8) is 0 Å². The third kappa shape index (κ3) is 2.20. The van der Waals surface area contributed by atoms with E-state index in [1.807, 2.05) is 35.2 Å². The minimum Gasteiger partial charge on any atom is -0.410 e. The molecule has 2 fully saturated rings. The summed E-state index contributed by atoms with van der Waals surface area (Å²) in [5.41, 5.74) is 0. The summed E-state index contributed by atoms with van der Waals surface area (Å²) in [5, 5.41) is 3.36. The van der Waals surface area contributed by atoms with Crippen LogP contribution in [0.3, 0.4) is 0 Å². The lowest BCUT2D eigenvalue weighted by Crippen LogP contribution is -2.49. The van der Waals surface area contributed by atoms with Crippen LogP contribution in [0.15, 0.2) is 30.3 Å². The van der Waals surface area contributed by atoms with Crippen LogP contribution in [0, 0.1) is 5.92 Å². The Morgan fingerprint density at radius 3 is 2.94 bits per heavy atom. The van der Waals surface area contributed by atoms with Crippen LogP contribution in [0.25, 0.3) is 0 Å². The second-order valence-corrected chi connectivity index (χ2v) is 5.00. The zero-order valence-electron chi connectivity index (χ0n) is 10.3. The molecule has 2 aliphatic rings. The fourth-order valence-corrected chi connectivity index (χ4v) is 2.94. The van der Waals surface area contributed by atoms with Crippen molar-refractivity contribution in [2.24, 2.45) is 5.92 Å². The van der Waals surface area contributed by atoms with Gasteiger partial charge in [0.1, 0.15) is 5.75 Å². The molecule has 0 radical (unpaired) electrons. The molecule has 1 aromatic rings. The van der Waals surface area contributed by atoms with Gasteiger partial charge in [0.2, 0.25) is 0 Å². The molecule has 0 saturated carbocycles. The Balaban J connectivity index is 1.68. The maximum Gasteiger partial charge on any atom is 0.415 e. The van der Waals surface area contributed by atoms with Crippen LogP contribution in [0.4, 0.5) is 4.79 Å². The number of nitrogens with zero attached hydrogens (tertiary/aromatic N) is 1. The number of rotatable bonds is 1. The number of amides is 1. The van der Waals surface area contributed by atoms with E-state index in [1.165, 1.54) is 6.42 Å². The summed E-state index contributed by atoms with van der Waals surface area (Å²) in [5.74, 6) is 1.22. The third-order valence-electron chi connectivity index (χ3n) is 3.86. The fraction of sp³-hybridized carbons (Fsp3) is 0.500. The normalized spacial score (nSPS) is 26.8. The van der Waals surface area contributed by atoms with E-state index in [4.69, 9.17) is 4.74 Å². The highest BCUT2D eigenvalue weighted by Gasteiger charge is 2.38. The molecule has 0 bridgehead atoms. The highest BCUT2D eigenvalue weighted by atomic mass is 16.6. The Hall–Kier alpha value is -1.55. The quantitative estimate of drug-likeness (QED) is 0.822. The Bertz CT molecular complexity index is 421. The molecular weight excluding hydrogens is 228 g/mol. The molecule has 0 aromatic heterocycles. The first-order chi connectivity index (χ1) is 8.84. The molecule has 96 valence electrons. The number of benzene rings is 1. The van der Waals surface area contributed by atoms with Gasteiger partial charge in [0.15, 0.2) is 0 Å². The third-order valence-corrected chi connectivity index (χ3v) is 3.86. The van der Waals surface area contributed by atoms with Gasteiger partial charge >= 0.3 is 6.09 Å². The molecule has 4 heteroatoms. The highest BCUT2D eigenvalue weighted by molar-refractivity contribution is 5.71. The molecule has 2 aliphatic heterocycles.